The fourth-order valence-corrected chi connectivity index (χ4v) is 2.91. The van der Waals surface area contributed by atoms with Crippen LogP contribution in [0.15, 0.2) is 48.5 Å². The van der Waals surface area contributed by atoms with Gasteiger partial charge in [0.25, 0.3) is 5.91 Å². The molecule has 0 atom stereocenters. The van der Waals surface area contributed by atoms with Gasteiger partial charge in [-0.15, -0.1) is 0 Å². The van der Waals surface area contributed by atoms with Gasteiger partial charge in [-0.3, -0.25) is 9.59 Å². The van der Waals surface area contributed by atoms with Crippen LogP contribution in [0, 0.1) is 0 Å². The van der Waals surface area contributed by atoms with Crippen molar-refractivity contribution in [3.05, 3.63) is 54.1 Å². The Balaban J connectivity index is 1.49. The second-order valence-corrected chi connectivity index (χ2v) is 6.28. The number of anilines is 2. The van der Waals surface area contributed by atoms with Crippen molar-refractivity contribution in [3.63, 3.8) is 0 Å². The molecule has 0 saturated carbocycles. The molecule has 2 amide bonds. The molecular formula is C21H22N2O5. The third kappa shape index (κ3) is 4.88. The zero-order valence-electron chi connectivity index (χ0n) is 15.6. The molecule has 7 heteroatoms. The molecule has 1 saturated heterocycles. The molecular weight excluding hydrogens is 360 g/mol. The van der Waals surface area contributed by atoms with Crippen molar-refractivity contribution in [2.45, 2.75) is 19.8 Å². The van der Waals surface area contributed by atoms with Crippen LogP contribution in [0.4, 0.5) is 11.4 Å². The van der Waals surface area contributed by atoms with E-state index in [2.05, 4.69) is 5.32 Å². The minimum absolute atomic E-state index is 0.0845. The molecule has 1 fully saturated rings. The van der Waals surface area contributed by atoms with Crippen molar-refractivity contribution in [2.24, 2.45) is 0 Å². The third-order valence-corrected chi connectivity index (χ3v) is 4.27. The summed E-state index contributed by atoms with van der Waals surface area (Å²) < 4.78 is 10.4. The van der Waals surface area contributed by atoms with Gasteiger partial charge in [0.1, 0.15) is 5.75 Å². The second-order valence-electron chi connectivity index (χ2n) is 6.28. The molecule has 1 heterocycles. The highest BCUT2D eigenvalue weighted by molar-refractivity contribution is 5.97. The van der Waals surface area contributed by atoms with E-state index in [1.165, 1.54) is 0 Å². The van der Waals surface area contributed by atoms with E-state index >= 15 is 0 Å². The minimum atomic E-state index is -0.596. The molecule has 0 radical (unpaired) electrons. The molecule has 0 aliphatic carbocycles. The van der Waals surface area contributed by atoms with Gasteiger partial charge in [-0.1, -0.05) is 0 Å². The van der Waals surface area contributed by atoms with Gasteiger partial charge in [0.2, 0.25) is 5.91 Å². The average Bonchev–Trinajstić information content (AvgIpc) is 3.14. The number of carbonyl (C=O) groups excluding carboxylic acids is 3. The molecule has 0 bridgehead atoms. The zero-order chi connectivity index (χ0) is 19.9. The monoisotopic (exact) mass is 382 g/mol. The summed E-state index contributed by atoms with van der Waals surface area (Å²) in [6.45, 7) is 2.76. The van der Waals surface area contributed by atoms with E-state index in [4.69, 9.17) is 9.47 Å². The van der Waals surface area contributed by atoms with E-state index in [-0.39, 0.29) is 5.91 Å². The van der Waals surface area contributed by atoms with Crippen LogP contribution in [0.3, 0.4) is 0 Å². The van der Waals surface area contributed by atoms with Crippen molar-refractivity contribution in [1.82, 2.24) is 0 Å². The predicted molar refractivity (Wildman–Crippen MR) is 105 cm³/mol. The topological polar surface area (TPSA) is 84.9 Å². The first-order valence-electron chi connectivity index (χ1n) is 9.17. The van der Waals surface area contributed by atoms with E-state index in [1.54, 1.807) is 53.4 Å². The van der Waals surface area contributed by atoms with Crippen molar-refractivity contribution in [3.8, 4) is 5.75 Å². The number of nitrogens with zero attached hydrogens (tertiary/aromatic N) is 1. The van der Waals surface area contributed by atoms with Crippen LogP contribution >= 0.6 is 0 Å². The number of benzene rings is 2. The highest BCUT2D eigenvalue weighted by Gasteiger charge is 2.21. The molecule has 1 N–H and O–H groups in total. The van der Waals surface area contributed by atoms with Gasteiger partial charge >= 0.3 is 5.97 Å². The molecule has 0 unspecified atom stereocenters. The summed E-state index contributed by atoms with van der Waals surface area (Å²) in [5.41, 5.74) is 1.67. The molecule has 7 nitrogen and oxygen atoms in total. The molecule has 0 aromatic heterocycles. The number of esters is 1. The van der Waals surface area contributed by atoms with Crippen molar-refractivity contribution in [2.75, 3.05) is 30.0 Å². The lowest BCUT2D eigenvalue weighted by molar-refractivity contribution is -0.119. The number of hydrogen-bond acceptors (Lipinski definition) is 5. The van der Waals surface area contributed by atoms with Gasteiger partial charge in [-0.05, 0) is 61.9 Å². The normalized spacial score (nSPS) is 13.3. The molecule has 28 heavy (non-hydrogen) atoms. The fourth-order valence-electron chi connectivity index (χ4n) is 2.91. The molecule has 3 rings (SSSR count). The largest absolute Gasteiger partial charge is 0.494 e. The Morgan fingerprint density at radius 1 is 1.07 bits per heavy atom. The Morgan fingerprint density at radius 2 is 1.79 bits per heavy atom. The Kier molecular flexibility index (Phi) is 6.26. The first kappa shape index (κ1) is 19.4. The maximum Gasteiger partial charge on any atom is 0.338 e. The molecule has 1 aliphatic heterocycles. The lowest BCUT2D eigenvalue weighted by Crippen LogP contribution is -2.23. The van der Waals surface area contributed by atoms with E-state index in [0.717, 1.165) is 12.1 Å². The lowest BCUT2D eigenvalue weighted by Gasteiger charge is -2.15. The van der Waals surface area contributed by atoms with Crippen LogP contribution in [0.25, 0.3) is 0 Å². The van der Waals surface area contributed by atoms with Gasteiger partial charge in [0.15, 0.2) is 6.61 Å². The Hall–Kier alpha value is -3.35. The highest BCUT2D eigenvalue weighted by atomic mass is 16.5. The summed E-state index contributed by atoms with van der Waals surface area (Å²) in [5.74, 6) is -0.231. The number of carbonyl (C=O) groups is 3. The lowest BCUT2D eigenvalue weighted by atomic mass is 10.2. The molecule has 2 aromatic rings. The zero-order valence-corrected chi connectivity index (χ0v) is 15.6. The molecule has 0 spiro atoms. The summed E-state index contributed by atoms with van der Waals surface area (Å²) in [5, 5.41) is 2.65. The van der Waals surface area contributed by atoms with Gasteiger partial charge in [-0.2, -0.15) is 0 Å². The Labute approximate surface area is 163 Å². The standard InChI is InChI=1S/C21H22N2O5/c1-2-27-18-11-7-16(8-12-18)22-19(24)14-28-21(26)15-5-9-17(10-6-15)23-13-3-4-20(23)25/h5-12H,2-4,13-14H2,1H3,(H,22,24). The first-order chi connectivity index (χ1) is 13.6. The molecule has 146 valence electrons. The summed E-state index contributed by atoms with van der Waals surface area (Å²) in [6.07, 6.45) is 1.39. The summed E-state index contributed by atoms with van der Waals surface area (Å²) in [6, 6.07) is 13.5. The van der Waals surface area contributed by atoms with Crippen LogP contribution < -0.4 is 15.0 Å². The maximum atomic E-state index is 12.1. The third-order valence-electron chi connectivity index (χ3n) is 4.27. The smallest absolute Gasteiger partial charge is 0.338 e. The average molecular weight is 382 g/mol. The number of rotatable bonds is 7. The molecule has 1 aliphatic rings. The summed E-state index contributed by atoms with van der Waals surface area (Å²) in [7, 11) is 0. The number of amides is 2. The van der Waals surface area contributed by atoms with Gasteiger partial charge in [0.05, 0.1) is 12.2 Å². The Bertz CT molecular complexity index is 846. The fraction of sp³-hybridized carbons (Fsp3) is 0.286. The first-order valence-corrected chi connectivity index (χ1v) is 9.17. The van der Waals surface area contributed by atoms with Crippen molar-refractivity contribution < 1.29 is 23.9 Å². The number of hydrogen-bond donors (Lipinski definition) is 1. The summed E-state index contributed by atoms with van der Waals surface area (Å²) >= 11 is 0. The van der Waals surface area contributed by atoms with Crippen LogP contribution in [0.2, 0.25) is 0 Å². The predicted octanol–water partition coefficient (Wildman–Crippen LogP) is 3.01. The van der Waals surface area contributed by atoms with E-state index in [9.17, 15) is 14.4 Å². The SMILES string of the molecule is CCOc1ccc(NC(=O)COC(=O)c2ccc(N3CCCC3=O)cc2)cc1. The van der Waals surface area contributed by atoms with E-state index in [0.29, 0.717) is 36.6 Å². The highest BCUT2D eigenvalue weighted by Crippen LogP contribution is 2.22. The van der Waals surface area contributed by atoms with Gasteiger partial charge < -0.3 is 19.7 Å². The van der Waals surface area contributed by atoms with Crippen molar-refractivity contribution in [1.29, 1.82) is 0 Å². The second kappa shape index (κ2) is 9.03. The van der Waals surface area contributed by atoms with Crippen LogP contribution in [0.5, 0.6) is 5.75 Å². The van der Waals surface area contributed by atoms with Gasteiger partial charge in [0, 0.05) is 24.3 Å². The molecule has 2 aromatic carbocycles. The van der Waals surface area contributed by atoms with Gasteiger partial charge in [-0.25, -0.2) is 4.79 Å². The van der Waals surface area contributed by atoms with E-state index < -0.39 is 18.5 Å². The van der Waals surface area contributed by atoms with Crippen molar-refractivity contribution >= 4 is 29.2 Å². The number of ether oxygens (including phenoxy) is 2. The van der Waals surface area contributed by atoms with E-state index in [1.807, 2.05) is 6.92 Å². The van der Waals surface area contributed by atoms with Crippen LogP contribution in [0.1, 0.15) is 30.1 Å². The van der Waals surface area contributed by atoms with Crippen LogP contribution in [-0.2, 0) is 14.3 Å². The Morgan fingerprint density at radius 3 is 2.39 bits per heavy atom. The minimum Gasteiger partial charge on any atom is -0.494 e. The summed E-state index contributed by atoms with van der Waals surface area (Å²) in [4.78, 5) is 37.5. The number of nitrogens with one attached hydrogen (secondary N) is 1. The maximum absolute atomic E-state index is 12.1. The van der Waals surface area contributed by atoms with Crippen LogP contribution in [-0.4, -0.2) is 37.5 Å². The quantitative estimate of drug-likeness (QED) is 0.744.